The highest BCUT2D eigenvalue weighted by Crippen LogP contribution is 2.33. The van der Waals surface area contributed by atoms with Gasteiger partial charge in [0.25, 0.3) is 0 Å². The van der Waals surface area contributed by atoms with Crippen molar-refractivity contribution < 1.29 is 0 Å². The van der Waals surface area contributed by atoms with Crippen molar-refractivity contribution >= 4 is 0 Å². The van der Waals surface area contributed by atoms with E-state index in [9.17, 15) is 0 Å². The zero-order valence-corrected chi connectivity index (χ0v) is 11.9. The van der Waals surface area contributed by atoms with Crippen LogP contribution in [-0.2, 0) is 0 Å². The van der Waals surface area contributed by atoms with Crippen LogP contribution in [0.15, 0.2) is 0 Å². The molecule has 4 unspecified atom stereocenters. The molecule has 0 radical (unpaired) electrons. The van der Waals surface area contributed by atoms with Crippen molar-refractivity contribution in [1.82, 2.24) is 10.2 Å². The average Bonchev–Trinajstić information content (AvgIpc) is 2.76. The molecule has 2 nitrogen and oxygen atoms in total. The molecule has 0 aromatic heterocycles. The van der Waals surface area contributed by atoms with E-state index in [1.165, 1.54) is 51.6 Å². The van der Waals surface area contributed by atoms with Gasteiger partial charge in [-0.3, -0.25) is 4.90 Å². The lowest BCUT2D eigenvalue weighted by Gasteiger charge is -2.41. The lowest BCUT2D eigenvalue weighted by molar-refractivity contribution is 0.115. The van der Waals surface area contributed by atoms with Gasteiger partial charge in [-0.25, -0.2) is 0 Å². The molecule has 0 aromatic rings. The van der Waals surface area contributed by atoms with E-state index >= 15 is 0 Å². The van der Waals surface area contributed by atoms with E-state index in [0.29, 0.717) is 0 Å². The molecule has 1 saturated heterocycles. The summed E-state index contributed by atoms with van der Waals surface area (Å²) in [5, 5.41) is 3.57. The summed E-state index contributed by atoms with van der Waals surface area (Å²) in [6.07, 6.45) is 8.47. The Kier molecular flexibility index (Phi) is 4.87. The van der Waals surface area contributed by atoms with Gasteiger partial charge in [-0.2, -0.15) is 0 Å². The van der Waals surface area contributed by atoms with Crippen LogP contribution in [0, 0.1) is 11.8 Å². The number of likely N-dealkylation sites (tertiary alicyclic amines) is 1. The number of nitrogens with one attached hydrogen (secondary N) is 1. The van der Waals surface area contributed by atoms with Crippen LogP contribution in [0.3, 0.4) is 0 Å². The van der Waals surface area contributed by atoms with Gasteiger partial charge in [0.1, 0.15) is 0 Å². The van der Waals surface area contributed by atoms with Crippen LogP contribution in [0.1, 0.15) is 52.4 Å². The maximum absolute atomic E-state index is 3.57. The van der Waals surface area contributed by atoms with Gasteiger partial charge in [-0.15, -0.1) is 0 Å². The summed E-state index contributed by atoms with van der Waals surface area (Å²) in [6.45, 7) is 7.41. The van der Waals surface area contributed by atoms with Crippen molar-refractivity contribution in [3.8, 4) is 0 Å². The average molecular weight is 238 g/mol. The van der Waals surface area contributed by atoms with Gasteiger partial charge in [0.2, 0.25) is 0 Å². The van der Waals surface area contributed by atoms with Gasteiger partial charge < -0.3 is 5.32 Å². The predicted octanol–water partition coefficient (Wildman–Crippen LogP) is 2.89. The zero-order chi connectivity index (χ0) is 12.3. The third-order valence-electron chi connectivity index (χ3n) is 4.92. The molecule has 0 aromatic carbocycles. The van der Waals surface area contributed by atoms with Crippen LogP contribution < -0.4 is 5.32 Å². The van der Waals surface area contributed by atoms with Crippen LogP contribution >= 0.6 is 0 Å². The highest BCUT2D eigenvalue weighted by atomic mass is 15.2. The maximum Gasteiger partial charge on any atom is 0.0251 e. The molecule has 1 N–H and O–H groups in total. The lowest BCUT2D eigenvalue weighted by atomic mass is 9.79. The Labute approximate surface area is 107 Å². The van der Waals surface area contributed by atoms with Crippen molar-refractivity contribution in [2.45, 2.75) is 64.5 Å². The van der Waals surface area contributed by atoms with Gasteiger partial charge in [-0.05, 0) is 51.1 Å². The van der Waals surface area contributed by atoms with E-state index in [0.717, 1.165) is 23.9 Å². The van der Waals surface area contributed by atoms with Crippen molar-refractivity contribution in [2.24, 2.45) is 11.8 Å². The van der Waals surface area contributed by atoms with Gasteiger partial charge in [0.05, 0.1) is 0 Å². The Morgan fingerprint density at radius 2 is 2.06 bits per heavy atom. The first-order chi connectivity index (χ1) is 8.24. The highest BCUT2D eigenvalue weighted by molar-refractivity contribution is 4.92. The smallest absolute Gasteiger partial charge is 0.0251 e. The molecule has 2 heteroatoms. The van der Waals surface area contributed by atoms with Crippen molar-refractivity contribution in [1.29, 1.82) is 0 Å². The second kappa shape index (κ2) is 6.19. The Hall–Kier alpha value is -0.0800. The molecule has 2 aliphatic rings. The van der Waals surface area contributed by atoms with Crippen LogP contribution in [0.25, 0.3) is 0 Å². The van der Waals surface area contributed by atoms with Crippen LogP contribution in [0.4, 0.5) is 0 Å². The minimum atomic E-state index is 0.744. The summed E-state index contributed by atoms with van der Waals surface area (Å²) < 4.78 is 0. The van der Waals surface area contributed by atoms with Gasteiger partial charge in [-0.1, -0.05) is 26.7 Å². The fraction of sp³-hybridized carbons (Fsp3) is 1.00. The highest BCUT2D eigenvalue weighted by Gasteiger charge is 2.35. The molecule has 2 rings (SSSR count). The molecule has 1 aliphatic carbocycles. The molecule has 100 valence electrons. The quantitative estimate of drug-likeness (QED) is 0.810. The molecule has 2 fully saturated rings. The molecule has 4 atom stereocenters. The predicted molar refractivity (Wildman–Crippen MR) is 74.2 cm³/mol. The SMILES string of the molecule is CCCC1CCC(NC)C(N2CCC(C)C2)C1. The second-order valence-electron chi connectivity index (χ2n) is 6.32. The number of hydrogen-bond donors (Lipinski definition) is 1. The number of hydrogen-bond acceptors (Lipinski definition) is 2. The molecule has 1 aliphatic heterocycles. The normalized spacial score (nSPS) is 39.7. The van der Waals surface area contributed by atoms with E-state index in [1.807, 2.05) is 0 Å². The Balaban J connectivity index is 1.94. The first-order valence-electron chi connectivity index (χ1n) is 7.65. The summed E-state index contributed by atoms with van der Waals surface area (Å²) >= 11 is 0. The molecule has 0 spiro atoms. The standard InChI is InChI=1S/C15H30N2/c1-4-5-13-6-7-14(16-3)15(10-13)17-9-8-12(2)11-17/h12-16H,4-11H2,1-3H3. The van der Waals surface area contributed by atoms with E-state index in [4.69, 9.17) is 0 Å². The van der Waals surface area contributed by atoms with E-state index in [1.54, 1.807) is 0 Å². The summed E-state index contributed by atoms with van der Waals surface area (Å²) in [5.74, 6) is 1.91. The van der Waals surface area contributed by atoms with E-state index in [2.05, 4.69) is 31.1 Å². The fourth-order valence-electron chi connectivity index (χ4n) is 3.91. The van der Waals surface area contributed by atoms with Gasteiger partial charge >= 0.3 is 0 Å². The Morgan fingerprint density at radius 1 is 1.24 bits per heavy atom. The first kappa shape index (κ1) is 13.4. The largest absolute Gasteiger partial charge is 0.315 e. The molecule has 0 bridgehead atoms. The monoisotopic (exact) mass is 238 g/mol. The molecule has 17 heavy (non-hydrogen) atoms. The number of likely N-dealkylation sites (N-methyl/N-ethyl adjacent to an activating group) is 1. The minimum absolute atomic E-state index is 0.744. The molecule has 1 heterocycles. The second-order valence-corrected chi connectivity index (χ2v) is 6.32. The zero-order valence-electron chi connectivity index (χ0n) is 11.9. The first-order valence-corrected chi connectivity index (χ1v) is 7.65. The van der Waals surface area contributed by atoms with Crippen molar-refractivity contribution in [2.75, 3.05) is 20.1 Å². The summed E-state index contributed by atoms with van der Waals surface area (Å²) in [5.41, 5.74) is 0. The third kappa shape index (κ3) is 3.23. The van der Waals surface area contributed by atoms with Gasteiger partial charge in [0, 0.05) is 18.6 Å². The number of nitrogens with zero attached hydrogens (tertiary/aromatic N) is 1. The minimum Gasteiger partial charge on any atom is -0.315 e. The summed E-state index contributed by atoms with van der Waals surface area (Å²) in [4.78, 5) is 2.77. The van der Waals surface area contributed by atoms with Crippen LogP contribution in [-0.4, -0.2) is 37.1 Å². The van der Waals surface area contributed by atoms with E-state index in [-0.39, 0.29) is 0 Å². The van der Waals surface area contributed by atoms with Crippen LogP contribution in [0.2, 0.25) is 0 Å². The Bertz CT molecular complexity index is 229. The maximum atomic E-state index is 3.57. The third-order valence-corrected chi connectivity index (χ3v) is 4.92. The Morgan fingerprint density at radius 3 is 2.65 bits per heavy atom. The molecule has 0 amide bonds. The summed E-state index contributed by atoms with van der Waals surface area (Å²) in [7, 11) is 2.15. The van der Waals surface area contributed by atoms with Crippen molar-refractivity contribution in [3.05, 3.63) is 0 Å². The molecular weight excluding hydrogens is 208 g/mol. The van der Waals surface area contributed by atoms with Crippen molar-refractivity contribution in [3.63, 3.8) is 0 Å². The van der Waals surface area contributed by atoms with Gasteiger partial charge in [0.15, 0.2) is 0 Å². The fourth-order valence-corrected chi connectivity index (χ4v) is 3.91. The van der Waals surface area contributed by atoms with Crippen LogP contribution in [0.5, 0.6) is 0 Å². The lowest BCUT2D eigenvalue weighted by Crippen LogP contribution is -2.51. The molecule has 1 saturated carbocycles. The topological polar surface area (TPSA) is 15.3 Å². The summed E-state index contributed by atoms with van der Waals surface area (Å²) in [6, 6.07) is 1.56. The molecular formula is C15H30N2. The van der Waals surface area contributed by atoms with E-state index < -0.39 is 0 Å². The number of rotatable bonds is 4.